The minimum absolute atomic E-state index is 0.152. The fourth-order valence-corrected chi connectivity index (χ4v) is 4.41. The molecule has 1 aromatic carbocycles. The van der Waals surface area contributed by atoms with E-state index in [4.69, 9.17) is 0 Å². The van der Waals surface area contributed by atoms with E-state index in [9.17, 15) is 13.2 Å². The van der Waals surface area contributed by atoms with Crippen molar-refractivity contribution in [2.75, 3.05) is 32.7 Å². The van der Waals surface area contributed by atoms with Gasteiger partial charge in [-0.15, -0.1) is 0 Å². The second-order valence-electron chi connectivity index (χ2n) is 5.56. The molecule has 1 saturated heterocycles. The van der Waals surface area contributed by atoms with Crippen molar-refractivity contribution < 1.29 is 13.2 Å². The predicted molar refractivity (Wildman–Crippen MR) is 91.1 cm³/mol. The number of fused-ring (bicyclic) bond motifs is 1. The maximum absolute atomic E-state index is 13.0. The van der Waals surface area contributed by atoms with Gasteiger partial charge < -0.3 is 10.2 Å². The Bertz CT molecular complexity index is 840. The Hall–Kier alpha value is -2.19. The average molecular weight is 348 g/mol. The number of urea groups is 1. The molecule has 2 heterocycles. The maximum atomic E-state index is 13.0. The number of hydrogen-bond acceptors (Lipinski definition) is 4. The highest BCUT2D eigenvalue weighted by Gasteiger charge is 2.31. The first-order valence-electron chi connectivity index (χ1n) is 7.90. The first kappa shape index (κ1) is 16.7. The van der Waals surface area contributed by atoms with Crippen LogP contribution in [0.5, 0.6) is 0 Å². The molecule has 0 aliphatic carbocycles. The molecule has 1 aliphatic heterocycles. The number of amides is 2. The monoisotopic (exact) mass is 348 g/mol. The molecule has 0 spiro atoms. The Morgan fingerprint density at radius 1 is 1.17 bits per heavy atom. The van der Waals surface area contributed by atoms with Crippen LogP contribution in [-0.4, -0.2) is 61.4 Å². The highest BCUT2D eigenvalue weighted by molar-refractivity contribution is 7.89. The van der Waals surface area contributed by atoms with E-state index >= 15 is 0 Å². The molecular weight excluding hydrogens is 328 g/mol. The normalized spacial score (nSPS) is 16.3. The van der Waals surface area contributed by atoms with Crippen molar-refractivity contribution in [1.29, 1.82) is 0 Å². The lowest BCUT2D eigenvalue weighted by Crippen LogP contribution is -2.53. The SMILES string of the molecule is CCNC(=O)N1CCN(S(=O)(=O)c2cccc3cccnc23)CC1. The van der Waals surface area contributed by atoms with Crippen molar-refractivity contribution in [3.8, 4) is 0 Å². The second kappa shape index (κ2) is 6.74. The number of aromatic nitrogens is 1. The predicted octanol–water partition coefficient (Wildman–Crippen LogP) is 1.27. The fourth-order valence-electron chi connectivity index (χ4n) is 2.82. The number of para-hydroxylation sites is 1. The van der Waals surface area contributed by atoms with E-state index in [2.05, 4.69) is 10.3 Å². The maximum Gasteiger partial charge on any atom is 0.317 e. The summed E-state index contributed by atoms with van der Waals surface area (Å²) in [5, 5.41) is 3.52. The van der Waals surface area contributed by atoms with Crippen LogP contribution in [0.2, 0.25) is 0 Å². The Labute approximate surface area is 141 Å². The number of piperazine rings is 1. The van der Waals surface area contributed by atoms with Gasteiger partial charge in [-0.05, 0) is 19.1 Å². The lowest BCUT2D eigenvalue weighted by Gasteiger charge is -2.34. The summed E-state index contributed by atoms with van der Waals surface area (Å²) in [5.41, 5.74) is 0.478. The molecule has 128 valence electrons. The molecule has 1 N–H and O–H groups in total. The highest BCUT2D eigenvalue weighted by Crippen LogP contribution is 2.24. The average Bonchev–Trinajstić information content (AvgIpc) is 2.61. The summed E-state index contributed by atoms with van der Waals surface area (Å²) in [6.45, 7) is 3.73. The number of carbonyl (C=O) groups is 1. The number of benzene rings is 1. The summed E-state index contributed by atoms with van der Waals surface area (Å²) < 4.78 is 27.4. The summed E-state index contributed by atoms with van der Waals surface area (Å²) in [7, 11) is -3.64. The first-order valence-corrected chi connectivity index (χ1v) is 9.34. The summed E-state index contributed by atoms with van der Waals surface area (Å²) in [6, 6.07) is 8.62. The Balaban J connectivity index is 1.83. The van der Waals surface area contributed by atoms with Gasteiger partial charge in [-0.2, -0.15) is 4.31 Å². The zero-order valence-electron chi connectivity index (χ0n) is 13.5. The minimum Gasteiger partial charge on any atom is -0.338 e. The summed E-state index contributed by atoms with van der Waals surface area (Å²) in [4.78, 5) is 17.9. The van der Waals surface area contributed by atoms with Crippen molar-refractivity contribution in [2.24, 2.45) is 0 Å². The lowest BCUT2D eigenvalue weighted by atomic mass is 10.2. The molecule has 7 nitrogen and oxygen atoms in total. The van der Waals surface area contributed by atoms with Gasteiger partial charge in [0.25, 0.3) is 0 Å². The van der Waals surface area contributed by atoms with Gasteiger partial charge >= 0.3 is 6.03 Å². The summed E-state index contributed by atoms with van der Waals surface area (Å²) in [5.74, 6) is 0. The van der Waals surface area contributed by atoms with E-state index < -0.39 is 10.0 Å². The van der Waals surface area contributed by atoms with E-state index in [-0.39, 0.29) is 24.0 Å². The van der Waals surface area contributed by atoms with Gasteiger partial charge in [0.15, 0.2) is 0 Å². The van der Waals surface area contributed by atoms with E-state index in [1.54, 1.807) is 29.3 Å². The molecule has 0 atom stereocenters. The number of pyridine rings is 1. The van der Waals surface area contributed by atoms with Crippen molar-refractivity contribution in [3.63, 3.8) is 0 Å². The lowest BCUT2D eigenvalue weighted by molar-refractivity contribution is 0.173. The van der Waals surface area contributed by atoms with Crippen LogP contribution in [-0.2, 0) is 10.0 Å². The van der Waals surface area contributed by atoms with Crippen LogP contribution in [0.4, 0.5) is 4.79 Å². The highest BCUT2D eigenvalue weighted by atomic mass is 32.2. The number of nitrogens with zero attached hydrogens (tertiary/aromatic N) is 3. The van der Waals surface area contributed by atoms with E-state index in [1.165, 1.54) is 4.31 Å². The van der Waals surface area contributed by atoms with Gasteiger partial charge in [-0.1, -0.05) is 18.2 Å². The van der Waals surface area contributed by atoms with Gasteiger partial charge in [0.1, 0.15) is 4.90 Å². The third-order valence-electron chi connectivity index (χ3n) is 4.07. The van der Waals surface area contributed by atoms with Crippen molar-refractivity contribution >= 4 is 27.0 Å². The number of sulfonamides is 1. The molecule has 0 unspecified atom stereocenters. The number of nitrogens with one attached hydrogen (secondary N) is 1. The molecule has 8 heteroatoms. The van der Waals surface area contributed by atoms with Gasteiger partial charge in [0.2, 0.25) is 10.0 Å². The second-order valence-corrected chi connectivity index (χ2v) is 7.46. The Morgan fingerprint density at radius 3 is 2.58 bits per heavy atom. The molecular formula is C16H20N4O3S. The Morgan fingerprint density at radius 2 is 1.88 bits per heavy atom. The first-order chi connectivity index (χ1) is 11.5. The molecule has 2 amide bonds. The van der Waals surface area contributed by atoms with Crippen molar-refractivity contribution in [2.45, 2.75) is 11.8 Å². The molecule has 1 aliphatic rings. The summed E-state index contributed by atoms with van der Waals surface area (Å²) in [6.07, 6.45) is 1.59. The molecule has 24 heavy (non-hydrogen) atoms. The number of carbonyl (C=O) groups excluding carboxylic acids is 1. The third kappa shape index (κ3) is 3.07. The zero-order chi connectivity index (χ0) is 17.2. The summed E-state index contributed by atoms with van der Waals surface area (Å²) >= 11 is 0. The number of hydrogen-bond donors (Lipinski definition) is 1. The van der Waals surface area contributed by atoms with Crippen LogP contribution < -0.4 is 5.32 Å². The van der Waals surface area contributed by atoms with Gasteiger partial charge in [0, 0.05) is 44.3 Å². The van der Waals surface area contributed by atoms with E-state index in [0.717, 1.165) is 5.39 Å². The van der Waals surface area contributed by atoms with Gasteiger partial charge in [-0.3, -0.25) is 4.98 Å². The van der Waals surface area contributed by atoms with Crippen molar-refractivity contribution in [3.05, 3.63) is 36.5 Å². The molecule has 0 saturated carbocycles. The minimum atomic E-state index is -3.64. The molecule has 3 rings (SSSR count). The van der Waals surface area contributed by atoms with Crippen LogP contribution in [0.1, 0.15) is 6.92 Å². The standard InChI is InChI=1S/C16H20N4O3S/c1-2-17-16(21)19-9-11-20(12-10-19)24(22,23)14-7-3-5-13-6-4-8-18-15(13)14/h3-8H,2,9-12H2,1H3,(H,17,21). The van der Waals surface area contributed by atoms with Crippen LogP contribution in [0.25, 0.3) is 10.9 Å². The topological polar surface area (TPSA) is 82.6 Å². The zero-order valence-corrected chi connectivity index (χ0v) is 14.3. The van der Waals surface area contributed by atoms with Crippen LogP contribution in [0.15, 0.2) is 41.4 Å². The fraction of sp³-hybridized carbons (Fsp3) is 0.375. The quantitative estimate of drug-likeness (QED) is 0.905. The van der Waals surface area contributed by atoms with Gasteiger partial charge in [0.05, 0.1) is 5.52 Å². The van der Waals surface area contributed by atoms with E-state index in [1.807, 2.05) is 19.1 Å². The van der Waals surface area contributed by atoms with Crippen LogP contribution >= 0.6 is 0 Å². The van der Waals surface area contributed by atoms with Crippen molar-refractivity contribution in [1.82, 2.24) is 19.5 Å². The van der Waals surface area contributed by atoms with Gasteiger partial charge in [-0.25, -0.2) is 13.2 Å². The van der Waals surface area contributed by atoms with E-state index in [0.29, 0.717) is 25.2 Å². The molecule has 1 fully saturated rings. The van der Waals surface area contributed by atoms with Crippen LogP contribution in [0.3, 0.4) is 0 Å². The molecule has 2 aromatic rings. The smallest absolute Gasteiger partial charge is 0.317 e. The third-order valence-corrected chi connectivity index (χ3v) is 6.00. The number of rotatable bonds is 3. The Kier molecular flexibility index (Phi) is 4.68. The molecule has 0 bridgehead atoms. The molecule has 1 aromatic heterocycles. The largest absolute Gasteiger partial charge is 0.338 e. The molecule has 0 radical (unpaired) electrons. The van der Waals surface area contributed by atoms with Crippen LogP contribution in [0, 0.1) is 0 Å².